The van der Waals surface area contributed by atoms with Crippen molar-refractivity contribution < 1.29 is 19.1 Å². The Hall–Kier alpha value is -3.02. The molecule has 2 aromatic rings. The Kier molecular flexibility index (Phi) is 7.02. The highest BCUT2D eigenvalue weighted by Gasteiger charge is 2.18. The summed E-state index contributed by atoms with van der Waals surface area (Å²) in [6, 6.07) is 14.7. The van der Waals surface area contributed by atoms with Crippen LogP contribution in [0.25, 0.3) is 0 Å². The Balaban J connectivity index is 2.20. The van der Waals surface area contributed by atoms with Crippen molar-refractivity contribution in [3.63, 3.8) is 0 Å². The van der Waals surface area contributed by atoms with Gasteiger partial charge in [0.1, 0.15) is 0 Å². The average Bonchev–Trinajstić information content (AvgIpc) is 2.66. The third kappa shape index (κ3) is 5.24. The fourth-order valence-corrected chi connectivity index (χ4v) is 2.58. The van der Waals surface area contributed by atoms with E-state index in [1.807, 2.05) is 37.3 Å². The first-order chi connectivity index (χ1) is 12.5. The quantitative estimate of drug-likeness (QED) is 0.749. The van der Waals surface area contributed by atoms with Gasteiger partial charge in [0.05, 0.1) is 7.11 Å². The predicted molar refractivity (Wildman–Crippen MR) is 99.2 cm³/mol. The number of primary amides is 1. The van der Waals surface area contributed by atoms with Crippen LogP contribution in [0.1, 0.15) is 29.3 Å². The van der Waals surface area contributed by atoms with Gasteiger partial charge in [-0.25, -0.2) is 0 Å². The molecule has 6 nitrogen and oxygen atoms in total. The molecule has 0 aromatic heterocycles. The van der Waals surface area contributed by atoms with E-state index in [0.717, 1.165) is 12.0 Å². The average molecular weight is 356 g/mol. The Morgan fingerprint density at radius 1 is 1.08 bits per heavy atom. The minimum absolute atomic E-state index is 0.0875. The van der Waals surface area contributed by atoms with Crippen LogP contribution in [0.5, 0.6) is 11.5 Å². The van der Waals surface area contributed by atoms with Gasteiger partial charge >= 0.3 is 0 Å². The second-order valence-corrected chi connectivity index (χ2v) is 5.83. The standard InChI is InChI=1S/C20H24N2O4/c1-3-11-22(13-15-7-5-4-6-8-15)20(24)16-9-10-17(18(12-16)25-2)26-14-19(21)23/h4-10,12H,3,11,13-14H2,1-2H3,(H2,21,23). The summed E-state index contributed by atoms with van der Waals surface area (Å²) in [5, 5.41) is 0. The maximum Gasteiger partial charge on any atom is 0.255 e. The first kappa shape index (κ1) is 19.3. The van der Waals surface area contributed by atoms with Gasteiger partial charge in [-0.15, -0.1) is 0 Å². The topological polar surface area (TPSA) is 81.9 Å². The zero-order valence-electron chi connectivity index (χ0n) is 15.1. The number of hydrogen-bond donors (Lipinski definition) is 1. The van der Waals surface area contributed by atoms with Gasteiger partial charge in [0.25, 0.3) is 11.8 Å². The Bertz CT molecular complexity index is 747. The summed E-state index contributed by atoms with van der Waals surface area (Å²) in [4.78, 5) is 25.6. The number of benzene rings is 2. The van der Waals surface area contributed by atoms with Crippen LogP contribution in [0.3, 0.4) is 0 Å². The lowest BCUT2D eigenvalue weighted by atomic mass is 10.1. The normalized spacial score (nSPS) is 10.2. The van der Waals surface area contributed by atoms with Gasteiger partial charge < -0.3 is 20.1 Å². The molecular formula is C20H24N2O4. The van der Waals surface area contributed by atoms with E-state index in [4.69, 9.17) is 15.2 Å². The van der Waals surface area contributed by atoms with Crippen molar-refractivity contribution in [3.05, 3.63) is 59.7 Å². The van der Waals surface area contributed by atoms with E-state index < -0.39 is 5.91 Å². The van der Waals surface area contributed by atoms with Crippen molar-refractivity contribution in [2.75, 3.05) is 20.3 Å². The second-order valence-electron chi connectivity index (χ2n) is 5.83. The molecule has 0 unspecified atom stereocenters. The van der Waals surface area contributed by atoms with E-state index >= 15 is 0 Å². The molecule has 0 aliphatic rings. The molecule has 0 saturated carbocycles. The molecular weight excluding hydrogens is 332 g/mol. The number of hydrogen-bond acceptors (Lipinski definition) is 4. The number of amides is 2. The van der Waals surface area contributed by atoms with E-state index in [2.05, 4.69) is 0 Å². The first-order valence-corrected chi connectivity index (χ1v) is 8.47. The maximum atomic E-state index is 12.9. The molecule has 0 radical (unpaired) electrons. The maximum absolute atomic E-state index is 12.9. The van der Waals surface area contributed by atoms with Gasteiger partial charge in [0.2, 0.25) is 0 Å². The van der Waals surface area contributed by atoms with Crippen LogP contribution in [-0.2, 0) is 11.3 Å². The molecule has 2 aromatic carbocycles. The summed E-state index contributed by atoms with van der Waals surface area (Å²) in [5.74, 6) is 0.0841. The Morgan fingerprint density at radius 2 is 1.81 bits per heavy atom. The molecule has 0 saturated heterocycles. The zero-order valence-corrected chi connectivity index (χ0v) is 15.1. The molecule has 2 amide bonds. The summed E-state index contributed by atoms with van der Waals surface area (Å²) in [6.07, 6.45) is 0.857. The molecule has 2 N–H and O–H groups in total. The lowest BCUT2D eigenvalue weighted by molar-refractivity contribution is -0.119. The van der Waals surface area contributed by atoms with Crippen LogP contribution in [0.15, 0.2) is 48.5 Å². The lowest BCUT2D eigenvalue weighted by Gasteiger charge is -2.23. The molecule has 0 aliphatic heterocycles. The van der Waals surface area contributed by atoms with Crippen LogP contribution >= 0.6 is 0 Å². The molecule has 26 heavy (non-hydrogen) atoms. The number of carbonyl (C=O) groups excluding carboxylic acids is 2. The minimum atomic E-state index is -0.579. The van der Waals surface area contributed by atoms with Crippen LogP contribution < -0.4 is 15.2 Å². The first-order valence-electron chi connectivity index (χ1n) is 8.47. The van der Waals surface area contributed by atoms with Gasteiger partial charge in [0.15, 0.2) is 18.1 Å². The van der Waals surface area contributed by atoms with Gasteiger partial charge in [-0.2, -0.15) is 0 Å². The fourth-order valence-electron chi connectivity index (χ4n) is 2.58. The molecule has 0 atom stereocenters. The number of methoxy groups -OCH3 is 1. The van der Waals surface area contributed by atoms with E-state index in [1.165, 1.54) is 7.11 Å². The minimum Gasteiger partial charge on any atom is -0.493 e. The Labute approximate surface area is 153 Å². The van der Waals surface area contributed by atoms with Crippen LogP contribution in [0.4, 0.5) is 0 Å². The number of carbonyl (C=O) groups is 2. The van der Waals surface area contributed by atoms with Crippen molar-refractivity contribution in [1.29, 1.82) is 0 Å². The van der Waals surface area contributed by atoms with Crippen molar-refractivity contribution in [2.45, 2.75) is 19.9 Å². The van der Waals surface area contributed by atoms with Gasteiger partial charge in [-0.3, -0.25) is 9.59 Å². The zero-order chi connectivity index (χ0) is 18.9. The van der Waals surface area contributed by atoms with Gasteiger partial charge in [-0.05, 0) is 30.2 Å². The number of nitrogens with two attached hydrogens (primary N) is 1. The highest BCUT2D eigenvalue weighted by molar-refractivity contribution is 5.95. The third-order valence-corrected chi connectivity index (χ3v) is 3.78. The summed E-state index contributed by atoms with van der Waals surface area (Å²) >= 11 is 0. The monoisotopic (exact) mass is 356 g/mol. The molecule has 0 fully saturated rings. The molecule has 0 aliphatic carbocycles. The molecule has 6 heteroatoms. The van der Waals surface area contributed by atoms with E-state index in [9.17, 15) is 9.59 Å². The molecule has 0 spiro atoms. The van der Waals surface area contributed by atoms with Crippen LogP contribution in [0.2, 0.25) is 0 Å². The van der Waals surface area contributed by atoms with Gasteiger partial charge in [-0.1, -0.05) is 37.3 Å². The van der Waals surface area contributed by atoms with Crippen LogP contribution in [-0.4, -0.2) is 37.0 Å². The highest BCUT2D eigenvalue weighted by atomic mass is 16.5. The van der Waals surface area contributed by atoms with Crippen molar-refractivity contribution >= 4 is 11.8 Å². The van der Waals surface area contributed by atoms with Crippen LogP contribution in [0, 0.1) is 0 Å². The highest BCUT2D eigenvalue weighted by Crippen LogP contribution is 2.28. The third-order valence-electron chi connectivity index (χ3n) is 3.78. The predicted octanol–water partition coefficient (Wildman–Crippen LogP) is 2.61. The largest absolute Gasteiger partial charge is 0.493 e. The number of ether oxygens (including phenoxy) is 2. The summed E-state index contributed by atoms with van der Waals surface area (Å²) in [6.45, 7) is 2.97. The number of nitrogens with zero attached hydrogens (tertiary/aromatic N) is 1. The van der Waals surface area contributed by atoms with Crippen molar-refractivity contribution in [1.82, 2.24) is 4.90 Å². The molecule has 0 heterocycles. The number of rotatable bonds is 9. The second kappa shape index (κ2) is 9.46. The van der Waals surface area contributed by atoms with Crippen molar-refractivity contribution in [3.8, 4) is 11.5 Å². The van der Waals surface area contributed by atoms with Gasteiger partial charge in [0, 0.05) is 18.7 Å². The summed E-state index contributed by atoms with van der Waals surface area (Å²) in [5.41, 5.74) is 6.66. The Morgan fingerprint density at radius 3 is 2.42 bits per heavy atom. The smallest absolute Gasteiger partial charge is 0.255 e. The summed E-state index contributed by atoms with van der Waals surface area (Å²) < 4.78 is 10.6. The SMILES string of the molecule is CCCN(Cc1ccccc1)C(=O)c1ccc(OCC(N)=O)c(OC)c1. The van der Waals surface area contributed by atoms with Crippen molar-refractivity contribution in [2.24, 2.45) is 5.73 Å². The van der Waals surface area contributed by atoms with E-state index in [0.29, 0.717) is 30.2 Å². The molecule has 138 valence electrons. The summed E-state index contributed by atoms with van der Waals surface area (Å²) in [7, 11) is 1.48. The fraction of sp³-hybridized carbons (Fsp3) is 0.300. The lowest BCUT2D eigenvalue weighted by Crippen LogP contribution is -2.31. The van der Waals surface area contributed by atoms with E-state index in [-0.39, 0.29) is 12.5 Å². The molecule has 0 bridgehead atoms. The van der Waals surface area contributed by atoms with E-state index in [1.54, 1.807) is 23.1 Å². The molecule has 2 rings (SSSR count).